The normalized spacial score (nSPS) is 18.2. The summed E-state index contributed by atoms with van der Waals surface area (Å²) in [6.07, 6.45) is -2.90. The summed E-state index contributed by atoms with van der Waals surface area (Å²) >= 11 is 0. The number of likely N-dealkylation sites (tertiary alicyclic amines) is 1. The van der Waals surface area contributed by atoms with Gasteiger partial charge in [0.15, 0.2) is 5.96 Å². The highest BCUT2D eigenvalue weighted by molar-refractivity contribution is 5.80. The molecule has 1 rings (SSSR count). The minimum atomic E-state index is -4.16. The van der Waals surface area contributed by atoms with Gasteiger partial charge in [-0.1, -0.05) is 0 Å². The van der Waals surface area contributed by atoms with Crippen LogP contribution in [0, 0.1) is 0 Å². The van der Waals surface area contributed by atoms with E-state index in [-0.39, 0.29) is 18.7 Å². The molecule has 0 spiro atoms. The smallest absolute Gasteiger partial charge is 0.377 e. The van der Waals surface area contributed by atoms with Crippen molar-refractivity contribution in [3.63, 3.8) is 0 Å². The van der Waals surface area contributed by atoms with Crippen molar-refractivity contribution in [3.8, 4) is 0 Å². The molecule has 24 heavy (non-hydrogen) atoms. The first-order valence-corrected chi connectivity index (χ1v) is 8.75. The molecule has 0 aromatic rings. The maximum Gasteiger partial charge on any atom is 0.390 e. The first-order valence-electron chi connectivity index (χ1n) is 8.75. The third-order valence-electron chi connectivity index (χ3n) is 3.80. The Bertz CT molecular complexity index is 367. The molecule has 0 aliphatic carbocycles. The summed E-state index contributed by atoms with van der Waals surface area (Å²) in [4.78, 5) is 6.38. The molecular formula is C16H31F3N4O. The van der Waals surface area contributed by atoms with E-state index in [4.69, 9.17) is 4.74 Å². The Morgan fingerprint density at radius 1 is 1.29 bits per heavy atom. The van der Waals surface area contributed by atoms with Crippen molar-refractivity contribution in [2.75, 3.05) is 39.3 Å². The SMILES string of the molecule is CCNC(=NCCC(F)(F)F)NC1CCN(CCOC(C)C)CC1. The molecule has 0 bridgehead atoms. The zero-order valence-corrected chi connectivity index (χ0v) is 15.0. The second-order valence-electron chi connectivity index (χ2n) is 6.31. The highest BCUT2D eigenvalue weighted by atomic mass is 19.4. The van der Waals surface area contributed by atoms with Crippen LogP contribution in [0.5, 0.6) is 0 Å². The van der Waals surface area contributed by atoms with E-state index in [9.17, 15) is 13.2 Å². The van der Waals surface area contributed by atoms with Gasteiger partial charge in [-0.15, -0.1) is 0 Å². The van der Waals surface area contributed by atoms with Crippen LogP contribution >= 0.6 is 0 Å². The maximum absolute atomic E-state index is 12.2. The first-order chi connectivity index (χ1) is 11.3. The lowest BCUT2D eigenvalue weighted by molar-refractivity contribution is -0.132. The molecule has 0 saturated carbocycles. The zero-order valence-electron chi connectivity index (χ0n) is 15.0. The van der Waals surface area contributed by atoms with Crippen molar-refractivity contribution < 1.29 is 17.9 Å². The van der Waals surface area contributed by atoms with Gasteiger partial charge in [0.2, 0.25) is 0 Å². The van der Waals surface area contributed by atoms with Gasteiger partial charge in [0.25, 0.3) is 0 Å². The van der Waals surface area contributed by atoms with Gasteiger partial charge in [0.05, 0.1) is 25.7 Å². The summed E-state index contributed by atoms with van der Waals surface area (Å²) in [5.74, 6) is 0.475. The molecule has 1 fully saturated rings. The minimum absolute atomic E-state index is 0.246. The predicted octanol–water partition coefficient (Wildman–Crippen LogP) is 2.38. The van der Waals surface area contributed by atoms with Crippen LogP contribution in [0.2, 0.25) is 0 Å². The molecule has 1 aliphatic rings. The van der Waals surface area contributed by atoms with Crippen molar-refractivity contribution in [1.82, 2.24) is 15.5 Å². The van der Waals surface area contributed by atoms with Crippen LogP contribution in [0.4, 0.5) is 13.2 Å². The topological polar surface area (TPSA) is 48.9 Å². The van der Waals surface area contributed by atoms with Crippen LogP contribution in [0.25, 0.3) is 0 Å². The summed E-state index contributed by atoms with van der Waals surface area (Å²) in [5.41, 5.74) is 0. The van der Waals surface area contributed by atoms with Crippen LogP contribution in [0.1, 0.15) is 40.0 Å². The van der Waals surface area contributed by atoms with Gasteiger partial charge in [-0.05, 0) is 33.6 Å². The molecule has 0 unspecified atom stereocenters. The van der Waals surface area contributed by atoms with Gasteiger partial charge in [0, 0.05) is 32.2 Å². The van der Waals surface area contributed by atoms with E-state index in [1.807, 2.05) is 20.8 Å². The largest absolute Gasteiger partial charge is 0.390 e. The van der Waals surface area contributed by atoms with Crippen LogP contribution in [0.15, 0.2) is 4.99 Å². The summed E-state index contributed by atoms with van der Waals surface area (Å²) in [6, 6.07) is 0.246. The number of aliphatic imine (C=N–C) groups is 1. The van der Waals surface area contributed by atoms with E-state index < -0.39 is 12.6 Å². The van der Waals surface area contributed by atoms with Gasteiger partial charge < -0.3 is 20.3 Å². The molecule has 1 saturated heterocycles. The Labute approximate surface area is 143 Å². The van der Waals surface area contributed by atoms with Crippen LogP contribution in [-0.2, 0) is 4.74 Å². The maximum atomic E-state index is 12.2. The average Bonchev–Trinajstić information content (AvgIpc) is 2.47. The highest BCUT2D eigenvalue weighted by Gasteiger charge is 2.26. The lowest BCUT2D eigenvalue weighted by Gasteiger charge is -2.33. The second-order valence-corrected chi connectivity index (χ2v) is 6.31. The van der Waals surface area contributed by atoms with Gasteiger partial charge >= 0.3 is 6.18 Å². The molecular weight excluding hydrogens is 321 g/mol. The van der Waals surface area contributed by atoms with Gasteiger partial charge in [-0.3, -0.25) is 4.99 Å². The lowest BCUT2D eigenvalue weighted by Crippen LogP contribution is -2.49. The molecule has 0 aromatic heterocycles. The van der Waals surface area contributed by atoms with Crippen LogP contribution in [0.3, 0.4) is 0 Å². The average molecular weight is 352 g/mol. The van der Waals surface area contributed by atoms with E-state index in [0.29, 0.717) is 12.5 Å². The third kappa shape index (κ3) is 9.97. The predicted molar refractivity (Wildman–Crippen MR) is 90.3 cm³/mol. The summed E-state index contributed by atoms with van der Waals surface area (Å²) < 4.78 is 42.2. The Kier molecular flexibility index (Phi) is 9.43. The number of hydrogen-bond acceptors (Lipinski definition) is 3. The van der Waals surface area contributed by atoms with Gasteiger partial charge in [-0.25, -0.2) is 0 Å². The number of piperidine rings is 1. The lowest BCUT2D eigenvalue weighted by atomic mass is 10.1. The van der Waals surface area contributed by atoms with Gasteiger partial charge in [0.1, 0.15) is 0 Å². The number of rotatable bonds is 8. The van der Waals surface area contributed by atoms with Crippen molar-refractivity contribution in [2.24, 2.45) is 4.99 Å². The Morgan fingerprint density at radius 3 is 2.50 bits per heavy atom. The van der Waals surface area contributed by atoms with Crippen molar-refractivity contribution in [2.45, 2.75) is 58.4 Å². The fourth-order valence-corrected chi connectivity index (χ4v) is 2.53. The Hall–Kier alpha value is -1.02. The van der Waals surface area contributed by atoms with E-state index in [1.165, 1.54) is 0 Å². The third-order valence-corrected chi connectivity index (χ3v) is 3.80. The summed E-state index contributed by atoms with van der Waals surface area (Å²) in [5, 5.41) is 6.26. The number of nitrogens with zero attached hydrogens (tertiary/aromatic N) is 2. The van der Waals surface area contributed by atoms with Crippen molar-refractivity contribution in [3.05, 3.63) is 0 Å². The molecule has 2 N–H and O–H groups in total. The zero-order chi connectivity index (χ0) is 18.0. The Balaban J connectivity index is 2.32. The number of hydrogen-bond donors (Lipinski definition) is 2. The quantitative estimate of drug-likeness (QED) is 0.520. The van der Waals surface area contributed by atoms with Crippen LogP contribution in [-0.4, -0.2) is 68.5 Å². The molecule has 0 radical (unpaired) electrons. The number of nitrogens with one attached hydrogen (secondary N) is 2. The number of guanidine groups is 1. The summed E-state index contributed by atoms with van der Waals surface area (Å²) in [6.45, 7) is 9.91. The number of ether oxygens (including phenoxy) is 1. The number of halogens is 3. The van der Waals surface area contributed by atoms with E-state index in [1.54, 1.807) is 0 Å². The Morgan fingerprint density at radius 2 is 1.96 bits per heavy atom. The monoisotopic (exact) mass is 352 g/mol. The molecule has 1 aliphatic heterocycles. The van der Waals surface area contributed by atoms with Crippen molar-refractivity contribution in [1.29, 1.82) is 0 Å². The molecule has 5 nitrogen and oxygen atoms in total. The molecule has 142 valence electrons. The van der Waals surface area contributed by atoms with E-state index in [0.717, 1.165) is 39.1 Å². The second kappa shape index (κ2) is 10.8. The van der Waals surface area contributed by atoms with Crippen molar-refractivity contribution >= 4 is 5.96 Å². The van der Waals surface area contributed by atoms with E-state index in [2.05, 4.69) is 20.5 Å². The minimum Gasteiger partial charge on any atom is -0.377 e. The van der Waals surface area contributed by atoms with E-state index >= 15 is 0 Å². The molecule has 0 amide bonds. The van der Waals surface area contributed by atoms with Crippen LogP contribution < -0.4 is 10.6 Å². The molecule has 0 atom stereocenters. The molecule has 8 heteroatoms. The number of alkyl halides is 3. The molecule has 1 heterocycles. The fourth-order valence-electron chi connectivity index (χ4n) is 2.53. The fraction of sp³-hybridized carbons (Fsp3) is 0.938. The first kappa shape index (κ1) is 21.0. The highest BCUT2D eigenvalue weighted by Crippen LogP contribution is 2.19. The summed E-state index contributed by atoms with van der Waals surface area (Å²) in [7, 11) is 0. The molecule has 0 aromatic carbocycles. The van der Waals surface area contributed by atoms with Gasteiger partial charge in [-0.2, -0.15) is 13.2 Å². The standard InChI is InChI=1S/C16H31F3N4O/c1-4-20-15(21-8-7-16(17,18)19)22-14-5-9-23(10-6-14)11-12-24-13(2)3/h13-14H,4-12H2,1-3H3,(H2,20,21,22).